The van der Waals surface area contributed by atoms with Gasteiger partial charge in [-0.3, -0.25) is 62.5 Å². The summed E-state index contributed by atoms with van der Waals surface area (Å²) in [6.45, 7) is 12.4. The van der Waals surface area contributed by atoms with Gasteiger partial charge in [-0.1, -0.05) is 85.7 Å². The van der Waals surface area contributed by atoms with Crippen molar-refractivity contribution in [2.75, 3.05) is 51.3 Å². The number of carbonyl (C=O) groups excluding carboxylic acids is 12. The molecule has 23 N–H and O–H groups in total. The third kappa shape index (κ3) is 33.6. The van der Waals surface area contributed by atoms with Gasteiger partial charge in [-0.15, -0.1) is 0 Å². The Morgan fingerprint density at radius 2 is 0.916 bits per heavy atom. The topological polar surface area (TPSA) is 543 Å². The number of aliphatic hydroxyl groups excluding tert-OH is 2. The predicted molar refractivity (Wildman–Crippen MR) is 355 cm³/mol. The molecule has 0 bridgehead atoms. The second-order valence-corrected chi connectivity index (χ2v) is 25.4. The Balaban J connectivity index is 3.50. The van der Waals surface area contributed by atoms with Gasteiger partial charge in [0.2, 0.25) is 70.9 Å². The minimum atomic E-state index is -1.75. The summed E-state index contributed by atoms with van der Waals surface area (Å²) in [5, 5.41) is 58.9. The maximum Gasteiger partial charge on any atom is 0.328 e. The number of nitrogens with one attached hydrogen (secondary N) is 12. The van der Waals surface area contributed by atoms with Crippen LogP contribution in [0, 0.1) is 23.7 Å². The van der Waals surface area contributed by atoms with E-state index < -0.39 is 175 Å². The molecule has 0 saturated heterocycles. The Labute approximate surface area is 559 Å². The number of aliphatic imine (C=N–C) groups is 1. The van der Waals surface area contributed by atoms with E-state index in [1.165, 1.54) is 11.8 Å². The molecule has 1 rings (SSSR count). The van der Waals surface area contributed by atoms with Gasteiger partial charge in [0.15, 0.2) is 12.0 Å². The molecular weight excluding hydrogens is 1260 g/mol. The van der Waals surface area contributed by atoms with Gasteiger partial charge in [0, 0.05) is 13.0 Å². The molecule has 0 heterocycles. The highest BCUT2D eigenvalue weighted by atomic mass is 32.2. The van der Waals surface area contributed by atoms with Gasteiger partial charge in [-0.05, 0) is 106 Å². The summed E-state index contributed by atoms with van der Waals surface area (Å²) in [5.74, 6) is -12.8. The zero-order valence-corrected chi connectivity index (χ0v) is 57.0. The normalized spacial score (nSPS) is 14.7. The Morgan fingerprint density at radius 3 is 1.41 bits per heavy atom. The molecule has 0 aliphatic carbocycles. The molecule has 1 aromatic rings. The molecule has 0 aliphatic heterocycles. The molecule has 33 nitrogen and oxygen atoms in total. The van der Waals surface area contributed by atoms with E-state index in [0.29, 0.717) is 30.7 Å². The van der Waals surface area contributed by atoms with Crippen molar-refractivity contribution in [1.82, 2.24) is 63.8 Å². The first kappa shape index (κ1) is 84.8. The van der Waals surface area contributed by atoms with Crippen LogP contribution in [-0.4, -0.2) is 216 Å². The number of carboxylic acids is 1. The Morgan fingerprint density at radius 1 is 0.484 bits per heavy atom. The maximum atomic E-state index is 14.7. The number of hydrogen-bond donors (Lipinski definition) is 19. The van der Waals surface area contributed by atoms with Crippen LogP contribution in [0.3, 0.4) is 0 Å². The van der Waals surface area contributed by atoms with E-state index in [1.54, 1.807) is 92.0 Å². The highest BCUT2D eigenvalue weighted by Crippen LogP contribution is 2.14. The molecule has 34 heteroatoms. The average molecular weight is 1360 g/mol. The maximum absolute atomic E-state index is 14.7. The molecule has 536 valence electrons. The van der Waals surface area contributed by atoms with Gasteiger partial charge in [0.1, 0.15) is 54.4 Å². The van der Waals surface area contributed by atoms with Gasteiger partial charge in [0.25, 0.3) is 0 Å². The van der Waals surface area contributed by atoms with E-state index in [2.05, 4.69) is 63.5 Å². The molecule has 95 heavy (non-hydrogen) atoms. The van der Waals surface area contributed by atoms with Crippen LogP contribution >= 0.6 is 11.8 Å². The number of rotatable bonds is 46. The van der Waals surface area contributed by atoms with Crippen molar-refractivity contribution >= 4 is 94.6 Å². The first-order valence-electron chi connectivity index (χ1n) is 31.8. The third-order valence-electron chi connectivity index (χ3n) is 14.4. The largest absolute Gasteiger partial charge is 0.480 e. The van der Waals surface area contributed by atoms with Gasteiger partial charge in [-0.25, -0.2) is 4.79 Å². The van der Waals surface area contributed by atoms with E-state index in [4.69, 9.17) is 22.9 Å². The Hall–Kier alpha value is -8.21. The van der Waals surface area contributed by atoms with Crippen LogP contribution in [0.15, 0.2) is 35.3 Å². The van der Waals surface area contributed by atoms with Gasteiger partial charge >= 0.3 is 5.97 Å². The first-order chi connectivity index (χ1) is 44.7. The summed E-state index contributed by atoms with van der Waals surface area (Å²) in [7, 11) is 0. The van der Waals surface area contributed by atoms with E-state index in [9.17, 15) is 77.6 Å². The molecule has 1 aromatic carbocycles. The third-order valence-corrected chi connectivity index (χ3v) is 15.1. The molecular formula is C61H105N17O16S. The van der Waals surface area contributed by atoms with Crippen molar-refractivity contribution in [2.45, 2.75) is 187 Å². The number of carboxylic acid groups (broad SMARTS) is 1. The number of thioether (sulfide) groups is 1. The minimum Gasteiger partial charge on any atom is -0.480 e. The SMILES string of the molecule is CSCC[C@H](NC(=O)[C@H](CC(C)C)NC(=O)[C@H](Cc1ccccc1)NC(=O)[C@H](CCCN=C(N)N)NC(=O)[C@@H](NC(=O)[C@H](CCCCN)NC(=O)CN)C(C)C)C(=O)N[C@@H](CC(C)C)C(=O)N[C@H](C(=O)NCC(=O)NCC(=O)N[C@@H](CO)C(=O)N[C@H](C(=O)O)[C@@H](C)O)C(C)C. The smallest absolute Gasteiger partial charge is 0.328 e. The number of aliphatic carboxylic acids is 1. The number of amides is 12. The number of guanidine groups is 1. The van der Waals surface area contributed by atoms with Crippen LogP contribution in [0.2, 0.25) is 0 Å². The second-order valence-electron chi connectivity index (χ2n) is 24.4. The lowest BCUT2D eigenvalue weighted by molar-refractivity contribution is -0.145. The van der Waals surface area contributed by atoms with E-state index in [1.807, 2.05) is 5.32 Å². The molecule has 0 radical (unpaired) electrons. The molecule has 0 aliphatic rings. The Bertz CT molecular complexity index is 2700. The summed E-state index contributed by atoms with van der Waals surface area (Å²) in [5.41, 5.74) is 22.9. The fourth-order valence-electron chi connectivity index (χ4n) is 9.29. The molecule has 0 saturated carbocycles. The van der Waals surface area contributed by atoms with Crippen molar-refractivity contribution in [3.8, 4) is 0 Å². The average Bonchev–Trinajstić information content (AvgIpc) is 0.894. The highest BCUT2D eigenvalue weighted by molar-refractivity contribution is 7.98. The zero-order valence-electron chi connectivity index (χ0n) is 56.2. The van der Waals surface area contributed by atoms with Crippen molar-refractivity contribution in [3.05, 3.63) is 35.9 Å². The summed E-state index contributed by atoms with van der Waals surface area (Å²) in [6.07, 6.45) is 1.63. The van der Waals surface area contributed by atoms with Crippen LogP contribution in [0.25, 0.3) is 0 Å². The summed E-state index contributed by atoms with van der Waals surface area (Å²) in [6, 6.07) is -4.94. The minimum absolute atomic E-state index is 0.0410. The predicted octanol–water partition coefficient (Wildman–Crippen LogP) is -4.93. The standard InChI is InChI=1S/C61H105N17O16S/c1-32(2)25-41(74-55(88)43(27-37-17-12-11-13-18-37)75-51(84)39(20-16-23-66-61(64)65)72-59(92)49(35(7)8)77-53(86)38(19-14-15-22-62)69-45(81)28-63)54(87)71-40(21-24-95-10)52(85)73-42(26-33(3)4)56(89)76-48(34(5)6)58(91)68-29-46(82)67-30-47(83)70-44(31-79)57(90)78-50(36(9)80)60(93)94/h11-13,17-18,32-36,38-44,48-50,79-80H,14-16,19-31,62-63H2,1-10H3,(H,67,82)(H,68,91)(H,69,81)(H,70,83)(H,71,87)(H,72,92)(H,73,85)(H,74,88)(H,75,84)(H,76,89)(H,77,86)(H,78,90)(H,93,94)(H4,64,65,66)/t36-,38+,39+,40+,41+,42+,43+,44+,48+,49+,50+/m1/s1. The van der Waals surface area contributed by atoms with Crippen LogP contribution in [-0.2, 0) is 68.7 Å². The quantitative estimate of drug-likeness (QED) is 0.0165. The zero-order chi connectivity index (χ0) is 72.1. The van der Waals surface area contributed by atoms with Crippen LogP contribution in [0.5, 0.6) is 0 Å². The number of nitrogens with two attached hydrogens (primary N) is 4. The van der Waals surface area contributed by atoms with Crippen molar-refractivity contribution < 1.29 is 77.6 Å². The van der Waals surface area contributed by atoms with Crippen LogP contribution in [0.4, 0.5) is 0 Å². The fraction of sp³-hybridized carbons (Fsp3) is 0.672. The lowest BCUT2D eigenvalue weighted by atomic mass is 9.99. The summed E-state index contributed by atoms with van der Waals surface area (Å²) < 4.78 is 0. The number of carbonyl (C=O) groups is 13. The number of unbranched alkanes of at least 4 members (excludes halogenated alkanes) is 1. The molecule has 11 atom stereocenters. The van der Waals surface area contributed by atoms with Gasteiger partial charge in [-0.2, -0.15) is 11.8 Å². The molecule has 0 spiro atoms. The summed E-state index contributed by atoms with van der Waals surface area (Å²) in [4.78, 5) is 179. The monoisotopic (exact) mass is 1360 g/mol. The Kier molecular flexibility index (Phi) is 40.4. The second kappa shape index (κ2) is 45.2. The van der Waals surface area contributed by atoms with Crippen molar-refractivity contribution in [1.29, 1.82) is 0 Å². The summed E-state index contributed by atoms with van der Waals surface area (Å²) >= 11 is 1.36. The van der Waals surface area contributed by atoms with E-state index in [-0.39, 0.29) is 75.8 Å². The molecule has 0 aromatic heterocycles. The lowest BCUT2D eigenvalue weighted by Crippen LogP contribution is -2.61. The van der Waals surface area contributed by atoms with Crippen LogP contribution in [0.1, 0.15) is 119 Å². The molecule has 0 fully saturated rings. The van der Waals surface area contributed by atoms with Gasteiger partial charge in [0.05, 0.1) is 32.3 Å². The van der Waals surface area contributed by atoms with Gasteiger partial charge < -0.3 is 102 Å². The number of hydrogen-bond acceptors (Lipinski definition) is 19. The fourth-order valence-corrected chi connectivity index (χ4v) is 9.76. The van der Waals surface area contributed by atoms with E-state index in [0.717, 1.165) is 6.92 Å². The first-order valence-corrected chi connectivity index (χ1v) is 33.2. The highest BCUT2D eigenvalue weighted by Gasteiger charge is 2.37. The van der Waals surface area contributed by atoms with Crippen molar-refractivity contribution in [2.24, 2.45) is 51.6 Å². The number of nitrogens with zero attached hydrogens (tertiary/aromatic N) is 1. The lowest BCUT2D eigenvalue weighted by Gasteiger charge is -2.29. The van der Waals surface area contributed by atoms with E-state index >= 15 is 0 Å². The molecule has 12 amide bonds. The number of benzene rings is 1. The van der Waals surface area contributed by atoms with Crippen molar-refractivity contribution in [3.63, 3.8) is 0 Å². The molecule has 0 unspecified atom stereocenters. The van der Waals surface area contributed by atoms with Crippen LogP contribution < -0.4 is 86.7 Å². The number of aliphatic hydroxyl groups is 2.